The van der Waals surface area contributed by atoms with E-state index in [-0.39, 0.29) is 29.6 Å². The highest BCUT2D eigenvalue weighted by molar-refractivity contribution is 5.90. The first-order chi connectivity index (χ1) is 14.0. The topological polar surface area (TPSA) is 70.6 Å². The lowest BCUT2D eigenvalue weighted by molar-refractivity contribution is -0.0355. The average Bonchev–Trinajstić information content (AvgIpc) is 2.67. The standard InChI is InChI=1S/C23H25FN2O3/c24-15-6-8-21-18(11-15)20(13-23(29-21)9-2-10-23)26-22(28)25-19-4-1-3-14-5-7-16(27)12-17(14)19/h1,3-4,6,8,11,16,20,27H,2,5,7,9-10,12-13H2,(H2,25,26,28)/t16-,20+/m1/s1. The van der Waals surface area contributed by atoms with Crippen LogP contribution in [0.2, 0.25) is 0 Å². The third-order valence-corrected chi connectivity index (χ3v) is 6.53. The second-order valence-corrected chi connectivity index (χ2v) is 8.52. The summed E-state index contributed by atoms with van der Waals surface area (Å²) in [5.74, 6) is 0.318. The van der Waals surface area contributed by atoms with Crippen molar-refractivity contribution in [3.8, 4) is 5.75 Å². The second-order valence-electron chi connectivity index (χ2n) is 8.52. The van der Waals surface area contributed by atoms with Crippen molar-refractivity contribution in [2.24, 2.45) is 0 Å². The van der Waals surface area contributed by atoms with Gasteiger partial charge in [-0.2, -0.15) is 0 Å². The van der Waals surface area contributed by atoms with Gasteiger partial charge in [0.1, 0.15) is 17.2 Å². The molecule has 2 atom stereocenters. The molecule has 3 N–H and O–H groups in total. The van der Waals surface area contributed by atoms with Crippen LogP contribution in [-0.2, 0) is 12.8 Å². The Balaban J connectivity index is 1.37. The first-order valence-electron chi connectivity index (χ1n) is 10.4. The average molecular weight is 396 g/mol. The number of carbonyl (C=O) groups excluding carboxylic acids is 1. The summed E-state index contributed by atoms with van der Waals surface area (Å²) in [7, 11) is 0. The van der Waals surface area contributed by atoms with E-state index in [1.807, 2.05) is 18.2 Å². The minimum atomic E-state index is -0.377. The van der Waals surface area contributed by atoms with Gasteiger partial charge in [0.2, 0.25) is 0 Å². The fourth-order valence-corrected chi connectivity index (χ4v) is 4.85. The molecule has 2 aliphatic carbocycles. The minimum Gasteiger partial charge on any atom is -0.487 e. The number of aliphatic hydroxyl groups is 1. The van der Waals surface area contributed by atoms with Crippen molar-refractivity contribution >= 4 is 11.7 Å². The number of rotatable bonds is 2. The van der Waals surface area contributed by atoms with Gasteiger partial charge >= 0.3 is 6.03 Å². The Kier molecular flexibility index (Phi) is 4.46. The highest BCUT2D eigenvalue weighted by atomic mass is 19.1. The van der Waals surface area contributed by atoms with Crippen molar-refractivity contribution in [2.45, 2.75) is 62.7 Å². The molecule has 1 saturated carbocycles. The fraction of sp³-hybridized carbons (Fsp3) is 0.435. The number of halogens is 1. The number of anilines is 1. The van der Waals surface area contributed by atoms with E-state index in [9.17, 15) is 14.3 Å². The Morgan fingerprint density at radius 1 is 1.24 bits per heavy atom. The van der Waals surface area contributed by atoms with Crippen LogP contribution in [0, 0.1) is 5.82 Å². The lowest BCUT2D eigenvalue weighted by Gasteiger charge is -2.48. The van der Waals surface area contributed by atoms with Crippen LogP contribution in [-0.4, -0.2) is 22.8 Å². The van der Waals surface area contributed by atoms with Gasteiger partial charge in [0, 0.05) is 24.1 Å². The van der Waals surface area contributed by atoms with Crippen molar-refractivity contribution in [1.82, 2.24) is 5.32 Å². The molecule has 2 aromatic carbocycles. The second kappa shape index (κ2) is 7.02. The lowest BCUT2D eigenvalue weighted by atomic mass is 9.73. The third-order valence-electron chi connectivity index (χ3n) is 6.53. The van der Waals surface area contributed by atoms with Gasteiger partial charge in [-0.15, -0.1) is 0 Å². The van der Waals surface area contributed by atoms with Gasteiger partial charge < -0.3 is 20.5 Å². The van der Waals surface area contributed by atoms with Gasteiger partial charge in [-0.1, -0.05) is 12.1 Å². The number of carbonyl (C=O) groups is 1. The summed E-state index contributed by atoms with van der Waals surface area (Å²) in [6.07, 6.45) is 5.37. The molecule has 0 saturated heterocycles. The van der Waals surface area contributed by atoms with Crippen LogP contribution in [0.1, 0.15) is 54.8 Å². The summed E-state index contributed by atoms with van der Waals surface area (Å²) in [6.45, 7) is 0. The van der Waals surface area contributed by atoms with Crippen LogP contribution in [0.4, 0.5) is 14.9 Å². The maximum Gasteiger partial charge on any atom is 0.319 e. The summed E-state index contributed by atoms with van der Waals surface area (Å²) in [4.78, 5) is 12.8. The van der Waals surface area contributed by atoms with Crippen LogP contribution in [0.25, 0.3) is 0 Å². The quantitative estimate of drug-likeness (QED) is 0.711. The summed E-state index contributed by atoms with van der Waals surface area (Å²) in [6, 6.07) is 9.71. The largest absolute Gasteiger partial charge is 0.487 e. The van der Waals surface area contributed by atoms with E-state index in [0.29, 0.717) is 24.2 Å². The highest BCUT2D eigenvalue weighted by Crippen LogP contribution is 2.49. The molecule has 29 heavy (non-hydrogen) atoms. The molecular formula is C23H25FN2O3. The van der Waals surface area contributed by atoms with E-state index in [2.05, 4.69) is 10.6 Å². The lowest BCUT2D eigenvalue weighted by Crippen LogP contribution is -2.50. The van der Waals surface area contributed by atoms with E-state index < -0.39 is 0 Å². The highest BCUT2D eigenvalue weighted by Gasteiger charge is 2.46. The van der Waals surface area contributed by atoms with Crippen LogP contribution in [0.5, 0.6) is 5.75 Å². The van der Waals surface area contributed by atoms with Crippen molar-refractivity contribution in [2.75, 3.05) is 5.32 Å². The molecule has 1 aliphatic heterocycles. The van der Waals surface area contributed by atoms with E-state index in [1.165, 1.54) is 17.7 Å². The molecule has 2 aromatic rings. The van der Waals surface area contributed by atoms with Crippen LogP contribution in [0.3, 0.4) is 0 Å². The molecule has 1 spiro atoms. The number of benzene rings is 2. The zero-order chi connectivity index (χ0) is 20.0. The molecule has 0 aromatic heterocycles. The number of fused-ring (bicyclic) bond motifs is 2. The van der Waals surface area contributed by atoms with Gasteiger partial charge in [-0.25, -0.2) is 9.18 Å². The molecule has 1 heterocycles. The number of ether oxygens (including phenoxy) is 1. The molecule has 5 nitrogen and oxygen atoms in total. The SMILES string of the molecule is O=C(Nc1cccc2c1C[C@H](O)CC2)N[C@H]1CC2(CCC2)Oc2ccc(F)cc21. The predicted octanol–water partition coefficient (Wildman–Crippen LogP) is 4.24. The molecule has 152 valence electrons. The first-order valence-corrected chi connectivity index (χ1v) is 10.4. The summed E-state index contributed by atoms with van der Waals surface area (Å²) >= 11 is 0. The number of hydrogen-bond acceptors (Lipinski definition) is 3. The van der Waals surface area contributed by atoms with E-state index in [4.69, 9.17) is 4.74 Å². The number of aliphatic hydroxyl groups excluding tert-OH is 1. The van der Waals surface area contributed by atoms with Crippen molar-refractivity contribution in [3.63, 3.8) is 0 Å². The normalized spacial score (nSPS) is 23.9. The maximum atomic E-state index is 13.9. The summed E-state index contributed by atoms with van der Waals surface area (Å²) in [5, 5.41) is 16.0. The fourth-order valence-electron chi connectivity index (χ4n) is 4.85. The number of amides is 2. The molecule has 0 radical (unpaired) electrons. The Morgan fingerprint density at radius 3 is 2.90 bits per heavy atom. The van der Waals surface area contributed by atoms with Crippen molar-refractivity contribution in [3.05, 3.63) is 58.9 Å². The molecule has 2 amide bonds. The summed E-state index contributed by atoms with van der Waals surface area (Å²) in [5.41, 5.74) is 3.32. The van der Waals surface area contributed by atoms with Gasteiger partial charge in [-0.05, 0) is 67.5 Å². The molecule has 0 bridgehead atoms. The first kappa shape index (κ1) is 18.4. The van der Waals surface area contributed by atoms with Gasteiger partial charge in [0.15, 0.2) is 0 Å². The number of hydrogen-bond donors (Lipinski definition) is 3. The third kappa shape index (κ3) is 3.46. The van der Waals surface area contributed by atoms with Crippen LogP contribution < -0.4 is 15.4 Å². The molecule has 5 rings (SSSR count). The van der Waals surface area contributed by atoms with E-state index >= 15 is 0 Å². The molecule has 1 fully saturated rings. The predicted molar refractivity (Wildman–Crippen MR) is 108 cm³/mol. The Hall–Kier alpha value is -2.60. The minimum absolute atomic E-state index is 0.251. The zero-order valence-corrected chi connectivity index (χ0v) is 16.2. The van der Waals surface area contributed by atoms with Crippen LogP contribution >= 0.6 is 0 Å². The zero-order valence-electron chi connectivity index (χ0n) is 16.2. The maximum absolute atomic E-state index is 13.9. The smallest absolute Gasteiger partial charge is 0.319 e. The van der Waals surface area contributed by atoms with Crippen LogP contribution in [0.15, 0.2) is 36.4 Å². The molecule has 0 unspecified atom stereocenters. The molecular weight excluding hydrogens is 371 g/mol. The Bertz CT molecular complexity index is 957. The van der Waals surface area contributed by atoms with Gasteiger partial charge in [0.05, 0.1) is 12.1 Å². The van der Waals surface area contributed by atoms with Crippen molar-refractivity contribution in [1.29, 1.82) is 0 Å². The van der Waals surface area contributed by atoms with Crippen molar-refractivity contribution < 1.29 is 19.0 Å². The van der Waals surface area contributed by atoms with E-state index in [1.54, 1.807) is 6.07 Å². The number of urea groups is 1. The summed E-state index contributed by atoms with van der Waals surface area (Å²) < 4.78 is 20.0. The number of nitrogens with one attached hydrogen (secondary N) is 2. The Labute approximate surface area is 169 Å². The monoisotopic (exact) mass is 396 g/mol. The number of aryl methyl sites for hydroxylation is 1. The molecule has 6 heteroatoms. The Morgan fingerprint density at radius 2 is 2.10 bits per heavy atom. The van der Waals surface area contributed by atoms with Gasteiger partial charge in [0.25, 0.3) is 0 Å². The molecule has 3 aliphatic rings. The van der Waals surface area contributed by atoms with Gasteiger partial charge in [-0.3, -0.25) is 0 Å². The van der Waals surface area contributed by atoms with E-state index in [0.717, 1.165) is 43.4 Å².